The van der Waals surface area contributed by atoms with Crippen molar-refractivity contribution in [2.24, 2.45) is 0 Å². The molecule has 1 atom stereocenters. The van der Waals surface area contributed by atoms with Crippen LogP contribution in [0.4, 0.5) is 0 Å². The maximum absolute atomic E-state index is 6.07. The van der Waals surface area contributed by atoms with E-state index < -0.39 is 0 Å². The summed E-state index contributed by atoms with van der Waals surface area (Å²) in [5, 5.41) is 4.58. The molecule has 5 heteroatoms. The standard InChI is InChI=1S/C12H17Cl2NO2/c1-8(12(16-2)17-3)15-7-9-4-5-10(13)6-11(9)14/h4-6,8,12,15H,7H2,1-3H3. The molecule has 1 rings (SSSR count). The lowest BCUT2D eigenvalue weighted by Crippen LogP contribution is -2.39. The summed E-state index contributed by atoms with van der Waals surface area (Å²) in [6.45, 7) is 2.63. The predicted octanol–water partition coefficient (Wildman–Crippen LogP) is 3.09. The minimum atomic E-state index is -0.277. The first-order valence-electron chi connectivity index (χ1n) is 5.31. The molecule has 0 spiro atoms. The van der Waals surface area contributed by atoms with Gasteiger partial charge in [0.2, 0.25) is 0 Å². The zero-order chi connectivity index (χ0) is 12.8. The van der Waals surface area contributed by atoms with Crippen LogP contribution in [0.25, 0.3) is 0 Å². The number of methoxy groups -OCH3 is 2. The molecule has 0 amide bonds. The van der Waals surface area contributed by atoms with Crippen molar-refractivity contribution < 1.29 is 9.47 Å². The Morgan fingerprint density at radius 2 is 1.88 bits per heavy atom. The monoisotopic (exact) mass is 277 g/mol. The number of halogens is 2. The minimum Gasteiger partial charge on any atom is -0.354 e. The van der Waals surface area contributed by atoms with Gasteiger partial charge in [0.05, 0.1) is 6.04 Å². The average molecular weight is 278 g/mol. The molecule has 0 fully saturated rings. The van der Waals surface area contributed by atoms with Gasteiger partial charge < -0.3 is 14.8 Å². The third kappa shape index (κ3) is 4.45. The summed E-state index contributed by atoms with van der Waals surface area (Å²) in [4.78, 5) is 0. The maximum Gasteiger partial charge on any atom is 0.171 e. The molecule has 0 aliphatic heterocycles. The second-order valence-corrected chi connectivity index (χ2v) is 4.59. The fourth-order valence-corrected chi connectivity index (χ4v) is 2.01. The van der Waals surface area contributed by atoms with Crippen molar-refractivity contribution in [1.29, 1.82) is 0 Å². The molecule has 96 valence electrons. The Hall–Kier alpha value is -0.320. The van der Waals surface area contributed by atoms with Crippen molar-refractivity contribution in [3.05, 3.63) is 33.8 Å². The van der Waals surface area contributed by atoms with Crippen molar-refractivity contribution in [3.8, 4) is 0 Å². The van der Waals surface area contributed by atoms with E-state index in [4.69, 9.17) is 32.7 Å². The molecule has 0 radical (unpaired) electrons. The molecule has 0 aromatic heterocycles. The van der Waals surface area contributed by atoms with Crippen LogP contribution in [-0.2, 0) is 16.0 Å². The van der Waals surface area contributed by atoms with Crippen molar-refractivity contribution in [1.82, 2.24) is 5.32 Å². The normalized spacial score (nSPS) is 13.1. The van der Waals surface area contributed by atoms with E-state index in [1.807, 2.05) is 19.1 Å². The lowest BCUT2D eigenvalue weighted by atomic mass is 10.2. The summed E-state index contributed by atoms with van der Waals surface area (Å²) >= 11 is 11.9. The number of nitrogens with one attached hydrogen (secondary N) is 1. The highest BCUT2D eigenvalue weighted by molar-refractivity contribution is 6.35. The van der Waals surface area contributed by atoms with Gasteiger partial charge in [-0.25, -0.2) is 0 Å². The zero-order valence-electron chi connectivity index (χ0n) is 10.2. The molecule has 1 N–H and O–H groups in total. The molecule has 1 aromatic rings. The lowest BCUT2D eigenvalue weighted by Gasteiger charge is -2.22. The van der Waals surface area contributed by atoms with Crippen molar-refractivity contribution in [2.75, 3.05) is 14.2 Å². The van der Waals surface area contributed by atoms with Gasteiger partial charge in [-0.05, 0) is 24.6 Å². The fraction of sp³-hybridized carbons (Fsp3) is 0.500. The Bertz CT molecular complexity index is 356. The van der Waals surface area contributed by atoms with Gasteiger partial charge in [0.15, 0.2) is 6.29 Å². The Balaban J connectivity index is 2.55. The van der Waals surface area contributed by atoms with Crippen LogP contribution in [-0.4, -0.2) is 26.6 Å². The van der Waals surface area contributed by atoms with Gasteiger partial charge in [0, 0.05) is 30.8 Å². The van der Waals surface area contributed by atoms with Crippen LogP contribution in [0.2, 0.25) is 10.0 Å². The highest BCUT2D eigenvalue weighted by Crippen LogP contribution is 2.20. The summed E-state index contributed by atoms with van der Waals surface area (Å²) in [6, 6.07) is 5.52. The van der Waals surface area contributed by atoms with E-state index in [1.165, 1.54) is 0 Å². The van der Waals surface area contributed by atoms with Gasteiger partial charge >= 0.3 is 0 Å². The number of ether oxygens (including phenoxy) is 2. The highest BCUT2D eigenvalue weighted by Gasteiger charge is 2.15. The highest BCUT2D eigenvalue weighted by atomic mass is 35.5. The first-order valence-corrected chi connectivity index (χ1v) is 6.07. The van der Waals surface area contributed by atoms with Gasteiger partial charge in [0.1, 0.15) is 0 Å². The van der Waals surface area contributed by atoms with Crippen molar-refractivity contribution in [2.45, 2.75) is 25.8 Å². The molecular weight excluding hydrogens is 261 g/mol. The summed E-state index contributed by atoms with van der Waals surface area (Å²) in [5.41, 5.74) is 0.994. The van der Waals surface area contributed by atoms with Crippen LogP contribution in [0, 0.1) is 0 Å². The molecule has 0 bridgehead atoms. The van der Waals surface area contributed by atoms with Gasteiger partial charge in [-0.1, -0.05) is 29.3 Å². The fourth-order valence-electron chi connectivity index (χ4n) is 1.54. The van der Waals surface area contributed by atoms with E-state index in [1.54, 1.807) is 20.3 Å². The molecule has 0 aliphatic rings. The van der Waals surface area contributed by atoms with E-state index in [0.717, 1.165) is 5.56 Å². The smallest absolute Gasteiger partial charge is 0.171 e. The summed E-state index contributed by atoms with van der Waals surface area (Å²) < 4.78 is 10.3. The van der Waals surface area contributed by atoms with Crippen LogP contribution in [0.15, 0.2) is 18.2 Å². The topological polar surface area (TPSA) is 30.5 Å². The quantitative estimate of drug-likeness (QED) is 0.811. The van der Waals surface area contributed by atoms with Crippen molar-refractivity contribution >= 4 is 23.2 Å². The summed E-state index contributed by atoms with van der Waals surface area (Å²) in [5.74, 6) is 0. The maximum atomic E-state index is 6.07. The average Bonchev–Trinajstić information content (AvgIpc) is 2.29. The van der Waals surface area contributed by atoms with Crippen LogP contribution < -0.4 is 5.32 Å². The minimum absolute atomic E-state index is 0.0664. The molecular formula is C12H17Cl2NO2. The third-order valence-corrected chi connectivity index (χ3v) is 3.09. The van der Waals surface area contributed by atoms with E-state index >= 15 is 0 Å². The van der Waals surface area contributed by atoms with Gasteiger partial charge in [-0.3, -0.25) is 0 Å². The van der Waals surface area contributed by atoms with Crippen LogP contribution in [0.1, 0.15) is 12.5 Å². The Morgan fingerprint density at radius 3 is 2.41 bits per heavy atom. The Labute approximate surface area is 112 Å². The van der Waals surface area contributed by atoms with Crippen LogP contribution in [0.5, 0.6) is 0 Å². The number of benzene rings is 1. The van der Waals surface area contributed by atoms with Gasteiger partial charge in [-0.2, -0.15) is 0 Å². The SMILES string of the molecule is COC(OC)C(C)NCc1ccc(Cl)cc1Cl. The predicted molar refractivity (Wildman–Crippen MR) is 70.6 cm³/mol. The lowest BCUT2D eigenvalue weighted by molar-refractivity contribution is -0.119. The Kier molecular flexibility index (Phi) is 6.23. The molecule has 1 unspecified atom stereocenters. The first kappa shape index (κ1) is 14.7. The van der Waals surface area contributed by atoms with E-state index in [0.29, 0.717) is 16.6 Å². The summed E-state index contributed by atoms with van der Waals surface area (Å²) in [6.07, 6.45) is -0.277. The second-order valence-electron chi connectivity index (χ2n) is 3.75. The third-order valence-electron chi connectivity index (χ3n) is 2.50. The first-order chi connectivity index (χ1) is 8.08. The van der Waals surface area contributed by atoms with Crippen molar-refractivity contribution in [3.63, 3.8) is 0 Å². The Morgan fingerprint density at radius 1 is 1.24 bits per heavy atom. The van der Waals surface area contributed by atoms with Crippen LogP contribution >= 0.6 is 23.2 Å². The molecule has 17 heavy (non-hydrogen) atoms. The molecule has 3 nitrogen and oxygen atoms in total. The number of hydrogen-bond donors (Lipinski definition) is 1. The van der Waals surface area contributed by atoms with Crippen LogP contribution in [0.3, 0.4) is 0 Å². The molecule has 1 aromatic carbocycles. The molecule has 0 aliphatic carbocycles. The summed E-state index contributed by atoms with van der Waals surface area (Å²) in [7, 11) is 3.23. The molecule has 0 saturated heterocycles. The van der Waals surface area contributed by atoms with E-state index in [9.17, 15) is 0 Å². The van der Waals surface area contributed by atoms with E-state index in [-0.39, 0.29) is 12.3 Å². The molecule has 0 heterocycles. The second kappa shape index (κ2) is 7.19. The van der Waals surface area contributed by atoms with Gasteiger partial charge in [-0.15, -0.1) is 0 Å². The van der Waals surface area contributed by atoms with Gasteiger partial charge in [0.25, 0.3) is 0 Å². The largest absolute Gasteiger partial charge is 0.354 e. The number of rotatable bonds is 6. The number of hydrogen-bond acceptors (Lipinski definition) is 3. The zero-order valence-corrected chi connectivity index (χ0v) is 11.7. The molecule has 0 saturated carbocycles. The van der Waals surface area contributed by atoms with E-state index in [2.05, 4.69) is 5.32 Å².